The maximum absolute atomic E-state index is 9.43. The zero-order valence-electron chi connectivity index (χ0n) is 14.5. The van der Waals surface area contributed by atoms with E-state index < -0.39 is 0 Å². The van der Waals surface area contributed by atoms with E-state index >= 15 is 0 Å². The Morgan fingerprint density at radius 2 is 0.846 bits per heavy atom. The molecule has 0 unspecified atom stereocenters. The fraction of sp³-hybridized carbons (Fsp3) is 0.167. The number of hydrogen-bond acceptors (Lipinski definition) is 2. The summed E-state index contributed by atoms with van der Waals surface area (Å²) in [4.78, 5) is 0. The Bertz CT molecular complexity index is 1130. The lowest BCUT2D eigenvalue weighted by molar-refractivity contribution is 0.299. The van der Waals surface area contributed by atoms with Crippen molar-refractivity contribution in [3.63, 3.8) is 0 Å². The lowest BCUT2D eigenvalue weighted by Crippen LogP contribution is -1.96. The summed E-state index contributed by atoms with van der Waals surface area (Å²) in [6.07, 6.45) is 1.35. The highest BCUT2D eigenvalue weighted by atomic mass is 16.3. The first kappa shape index (κ1) is 15.6. The summed E-state index contributed by atoms with van der Waals surface area (Å²) < 4.78 is 0. The Morgan fingerprint density at radius 1 is 0.462 bits per heavy atom. The Labute approximate surface area is 151 Å². The second-order valence-electron chi connectivity index (χ2n) is 6.95. The topological polar surface area (TPSA) is 40.5 Å². The van der Waals surface area contributed by atoms with Gasteiger partial charge in [-0.05, 0) is 67.1 Å². The van der Waals surface area contributed by atoms with E-state index in [-0.39, 0.29) is 13.2 Å². The third kappa shape index (κ3) is 2.06. The van der Waals surface area contributed by atoms with Gasteiger partial charge in [-0.15, -0.1) is 0 Å². The molecule has 128 valence electrons. The molecule has 2 heteroatoms. The van der Waals surface area contributed by atoms with Gasteiger partial charge < -0.3 is 10.2 Å². The van der Waals surface area contributed by atoms with Crippen molar-refractivity contribution >= 4 is 43.1 Å². The van der Waals surface area contributed by atoms with E-state index in [1.807, 2.05) is 0 Å². The monoisotopic (exact) mass is 340 g/mol. The highest BCUT2D eigenvalue weighted by molar-refractivity contribution is 6.33. The summed E-state index contributed by atoms with van der Waals surface area (Å²) in [5, 5.41) is 28.9. The second kappa shape index (κ2) is 5.94. The van der Waals surface area contributed by atoms with Gasteiger partial charge in [-0.25, -0.2) is 0 Å². The van der Waals surface area contributed by atoms with Crippen molar-refractivity contribution in [2.75, 3.05) is 13.2 Å². The van der Waals surface area contributed by atoms with Crippen molar-refractivity contribution in [3.8, 4) is 0 Å². The van der Waals surface area contributed by atoms with E-state index in [4.69, 9.17) is 0 Å². The number of rotatable bonds is 4. The highest BCUT2D eigenvalue weighted by Gasteiger charge is 2.15. The van der Waals surface area contributed by atoms with Crippen molar-refractivity contribution in [1.29, 1.82) is 0 Å². The Balaban J connectivity index is 2.04. The largest absolute Gasteiger partial charge is 0.396 e. The van der Waals surface area contributed by atoms with Crippen molar-refractivity contribution < 1.29 is 10.2 Å². The molecule has 0 spiro atoms. The molecule has 2 N–H and O–H groups in total. The van der Waals surface area contributed by atoms with Crippen LogP contribution < -0.4 is 0 Å². The van der Waals surface area contributed by atoms with Crippen LogP contribution in [-0.2, 0) is 12.8 Å². The van der Waals surface area contributed by atoms with Crippen molar-refractivity contribution in [2.45, 2.75) is 12.8 Å². The van der Waals surface area contributed by atoms with Gasteiger partial charge in [0.25, 0.3) is 0 Å². The molecule has 5 aromatic rings. The van der Waals surface area contributed by atoms with Gasteiger partial charge in [0.1, 0.15) is 0 Å². The fourth-order valence-electron chi connectivity index (χ4n) is 4.51. The normalized spacial score (nSPS) is 12.1. The summed E-state index contributed by atoms with van der Waals surface area (Å²) in [7, 11) is 0. The van der Waals surface area contributed by atoms with E-state index in [9.17, 15) is 10.2 Å². The molecule has 0 atom stereocenters. The van der Waals surface area contributed by atoms with Crippen LogP contribution in [0.1, 0.15) is 11.1 Å². The number of aliphatic hydroxyl groups excluding tert-OH is 2. The minimum absolute atomic E-state index is 0.162. The van der Waals surface area contributed by atoms with Crippen LogP contribution in [-0.4, -0.2) is 23.4 Å². The van der Waals surface area contributed by atoms with E-state index in [0.717, 1.165) is 0 Å². The predicted octanol–water partition coefficient (Wildman–Crippen LogP) is 4.81. The molecule has 5 rings (SSSR count). The molecule has 0 aliphatic heterocycles. The lowest BCUT2D eigenvalue weighted by atomic mass is 9.86. The van der Waals surface area contributed by atoms with Gasteiger partial charge in [0.2, 0.25) is 0 Å². The quantitative estimate of drug-likeness (QED) is 0.364. The number of aliphatic hydroxyl groups is 2. The Kier molecular flexibility index (Phi) is 3.56. The summed E-state index contributed by atoms with van der Waals surface area (Å²) in [6, 6.07) is 21.7. The molecule has 0 saturated heterocycles. The van der Waals surface area contributed by atoms with Gasteiger partial charge in [0.15, 0.2) is 0 Å². The minimum Gasteiger partial charge on any atom is -0.396 e. The van der Waals surface area contributed by atoms with Crippen LogP contribution in [0.15, 0.2) is 60.7 Å². The zero-order chi connectivity index (χ0) is 17.7. The average Bonchev–Trinajstić information content (AvgIpc) is 2.68. The fourth-order valence-corrected chi connectivity index (χ4v) is 4.51. The van der Waals surface area contributed by atoms with Gasteiger partial charge >= 0.3 is 0 Å². The first-order valence-electron chi connectivity index (χ1n) is 9.15. The van der Waals surface area contributed by atoms with Crippen LogP contribution in [0, 0.1) is 0 Å². The van der Waals surface area contributed by atoms with Crippen molar-refractivity contribution in [1.82, 2.24) is 0 Å². The number of hydrogen-bond donors (Lipinski definition) is 2. The van der Waals surface area contributed by atoms with Gasteiger partial charge in [0, 0.05) is 13.2 Å². The van der Waals surface area contributed by atoms with E-state index in [1.54, 1.807) is 0 Å². The van der Waals surface area contributed by atoms with Gasteiger partial charge in [-0.2, -0.15) is 0 Å². The Morgan fingerprint density at radius 3 is 1.27 bits per heavy atom. The molecule has 0 fully saturated rings. The molecule has 0 heterocycles. The van der Waals surface area contributed by atoms with Crippen LogP contribution >= 0.6 is 0 Å². The van der Waals surface area contributed by atoms with Gasteiger partial charge in [-0.3, -0.25) is 0 Å². The summed E-state index contributed by atoms with van der Waals surface area (Å²) in [6.45, 7) is 0.324. The molecule has 0 aromatic heterocycles. The molecule has 0 saturated carbocycles. The molecular formula is C24H20O2. The Hall–Kier alpha value is -2.68. The predicted molar refractivity (Wildman–Crippen MR) is 109 cm³/mol. The third-order valence-corrected chi connectivity index (χ3v) is 5.60. The van der Waals surface area contributed by atoms with Crippen molar-refractivity contribution in [2.24, 2.45) is 0 Å². The zero-order valence-corrected chi connectivity index (χ0v) is 14.5. The van der Waals surface area contributed by atoms with E-state index in [1.165, 1.54) is 54.2 Å². The first-order valence-corrected chi connectivity index (χ1v) is 9.15. The number of fused-ring (bicyclic) bond motifs is 2. The maximum Gasteiger partial charge on any atom is 0.0471 e. The first-order chi connectivity index (χ1) is 12.8. The summed E-state index contributed by atoms with van der Waals surface area (Å²) >= 11 is 0. The van der Waals surface area contributed by atoms with Crippen LogP contribution in [0.3, 0.4) is 0 Å². The van der Waals surface area contributed by atoms with Crippen LogP contribution in [0.4, 0.5) is 0 Å². The average molecular weight is 340 g/mol. The smallest absolute Gasteiger partial charge is 0.0471 e. The molecule has 0 bridgehead atoms. The van der Waals surface area contributed by atoms with Crippen LogP contribution in [0.25, 0.3) is 43.1 Å². The molecule has 0 amide bonds. The van der Waals surface area contributed by atoms with Gasteiger partial charge in [0.05, 0.1) is 0 Å². The summed E-state index contributed by atoms with van der Waals surface area (Å²) in [5.74, 6) is 0. The molecule has 0 aliphatic rings. The van der Waals surface area contributed by atoms with E-state index in [2.05, 4.69) is 60.7 Å². The molecular weight excluding hydrogens is 320 g/mol. The second-order valence-corrected chi connectivity index (χ2v) is 6.95. The summed E-state index contributed by atoms with van der Waals surface area (Å²) in [5.41, 5.74) is 2.39. The molecule has 5 aromatic carbocycles. The number of benzene rings is 5. The molecule has 26 heavy (non-hydrogen) atoms. The lowest BCUT2D eigenvalue weighted by Gasteiger charge is -2.17. The third-order valence-electron chi connectivity index (χ3n) is 5.60. The molecule has 0 radical (unpaired) electrons. The molecule has 2 nitrogen and oxygen atoms in total. The van der Waals surface area contributed by atoms with Crippen LogP contribution in [0.2, 0.25) is 0 Å². The minimum atomic E-state index is 0.162. The highest BCUT2D eigenvalue weighted by Crippen LogP contribution is 2.41. The maximum atomic E-state index is 9.43. The SMILES string of the molecule is OCCc1ccc2c3ccc(CCO)c4cccc(c5cccc1c52)c43. The standard InChI is InChI=1S/C24H20O2/c25-13-11-15-7-9-21-22-10-8-16(12-14-26)18-4-2-6-20(24(18)22)19-5-1-3-17(15)23(19)21/h1-10,25-26H,11-14H2. The molecule has 0 aliphatic carbocycles. The van der Waals surface area contributed by atoms with Crippen LogP contribution in [0.5, 0.6) is 0 Å². The van der Waals surface area contributed by atoms with E-state index in [0.29, 0.717) is 12.8 Å². The van der Waals surface area contributed by atoms with Gasteiger partial charge in [-0.1, -0.05) is 60.7 Å². The van der Waals surface area contributed by atoms with Crippen molar-refractivity contribution in [3.05, 3.63) is 71.8 Å².